The summed E-state index contributed by atoms with van der Waals surface area (Å²) in [5, 5.41) is 0. The summed E-state index contributed by atoms with van der Waals surface area (Å²) in [6.07, 6.45) is 4.29. The zero-order valence-corrected chi connectivity index (χ0v) is 6.88. The van der Waals surface area contributed by atoms with Gasteiger partial charge in [0.05, 0.1) is 0 Å². The Bertz CT molecular complexity index is 99.1. The van der Waals surface area contributed by atoms with E-state index in [-0.39, 0.29) is 4.33 Å². The Morgan fingerprint density at radius 1 is 1.56 bits per heavy atom. The molecule has 0 heterocycles. The molecule has 0 N–H and O–H groups in total. The van der Waals surface area contributed by atoms with E-state index in [2.05, 4.69) is 6.92 Å². The molecule has 1 radical (unpaired) electrons. The fraction of sp³-hybridized carbons (Fsp3) is 0.857. The lowest BCUT2D eigenvalue weighted by atomic mass is 10.2. The highest BCUT2D eigenvalue weighted by molar-refractivity contribution is 6.50. The van der Waals surface area contributed by atoms with Crippen molar-refractivity contribution in [2.45, 2.75) is 30.0 Å². The molecule has 0 aromatic carbocycles. The van der Waals surface area contributed by atoms with Crippen LogP contribution in [0.2, 0.25) is 0 Å². The predicted octanol–water partition coefficient (Wildman–Crippen LogP) is 3.18. The van der Waals surface area contributed by atoms with Crippen molar-refractivity contribution in [3.63, 3.8) is 0 Å². The average molecular weight is 166 g/mol. The van der Waals surface area contributed by atoms with Crippen LogP contribution in [0.1, 0.15) is 25.7 Å². The van der Waals surface area contributed by atoms with Crippen LogP contribution in [0.3, 0.4) is 0 Å². The number of rotatable bonds is 3. The molecular formula is C7H11Cl2. The van der Waals surface area contributed by atoms with Crippen LogP contribution in [0.15, 0.2) is 0 Å². The maximum absolute atomic E-state index is 5.79. The van der Waals surface area contributed by atoms with E-state index in [4.69, 9.17) is 23.2 Å². The Balaban J connectivity index is 2.06. The van der Waals surface area contributed by atoms with Gasteiger partial charge >= 0.3 is 0 Å². The van der Waals surface area contributed by atoms with Crippen LogP contribution in [0.5, 0.6) is 0 Å². The molecule has 0 nitrogen and oxygen atoms in total. The highest BCUT2D eigenvalue weighted by atomic mass is 35.5. The number of alkyl halides is 2. The van der Waals surface area contributed by atoms with Gasteiger partial charge in [0.15, 0.2) is 0 Å². The van der Waals surface area contributed by atoms with Crippen molar-refractivity contribution in [3.05, 3.63) is 6.92 Å². The van der Waals surface area contributed by atoms with Crippen LogP contribution in [-0.2, 0) is 0 Å². The monoisotopic (exact) mass is 165 g/mol. The summed E-state index contributed by atoms with van der Waals surface area (Å²) >= 11 is 11.6. The predicted molar refractivity (Wildman–Crippen MR) is 41.8 cm³/mol. The zero-order chi connectivity index (χ0) is 6.91. The van der Waals surface area contributed by atoms with E-state index in [1.165, 1.54) is 0 Å². The summed E-state index contributed by atoms with van der Waals surface area (Å²) in [6.45, 7) is 3.75. The van der Waals surface area contributed by atoms with E-state index in [1.54, 1.807) is 0 Å². The van der Waals surface area contributed by atoms with Gasteiger partial charge in [0.25, 0.3) is 0 Å². The van der Waals surface area contributed by atoms with Crippen molar-refractivity contribution >= 4 is 23.2 Å². The third kappa shape index (κ3) is 2.01. The Kier molecular flexibility index (Phi) is 2.28. The first-order valence-corrected chi connectivity index (χ1v) is 4.09. The summed E-state index contributed by atoms with van der Waals surface area (Å²) < 4.78 is -0.366. The Morgan fingerprint density at radius 2 is 2.11 bits per heavy atom. The molecule has 1 aliphatic carbocycles. The molecule has 1 aliphatic rings. The van der Waals surface area contributed by atoms with Crippen LogP contribution in [-0.4, -0.2) is 4.33 Å². The van der Waals surface area contributed by atoms with Gasteiger partial charge in [-0.25, -0.2) is 0 Å². The lowest BCUT2D eigenvalue weighted by Gasteiger charge is -1.95. The molecule has 0 bridgehead atoms. The van der Waals surface area contributed by atoms with Crippen LogP contribution in [0.4, 0.5) is 0 Å². The van der Waals surface area contributed by atoms with Gasteiger partial charge in [-0.2, -0.15) is 0 Å². The first kappa shape index (κ1) is 7.68. The fourth-order valence-electron chi connectivity index (χ4n) is 0.974. The van der Waals surface area contributed by atoms with E-state index < -0.39 is 0 Å². The molecule has 0 amide bonds. The molecule has 2 heteroatoms. The lowest BCUT2D eigenvalue weighted by Crippen LogP contribution is -1.89. The normalized spacial score (nSPS) is 30.3. The fourth-order valence-corrected chi connectivity index (χ4v) is 1.56. The summed E-state index contributed by atoms with van der Waals surface area (Å²) in [6, 6.07) is 0. The van der Waals surface area contributed by atoms with Gasteiger partial charge in [-0.15, -0.1) is 23.2 Å². The van der Waals surface area contributed by atoms with Crippen molar-refractivity contribution in [2.75, 3.05) is 0 Å². The smallest absolute Gasteiger partial charge is 0.101 e. The number of hydrogen-bond donors (Lipinski definition) is 0. The topological polar surface area (TPSA) is 0 Å². The first-order valence-electron chi connectivity index (χ1n) is 3.34. The largest absolute Gasteiger partial charge is 0.121 e. The van der Waals surface area contributed by atoms with Crippen LogP contribution >= 0.6 is 23.2 Å². The second kappa shape index (κ2) is 2.67. The Labute approximate surface area is 66.5 Å². The zero-order valence-electron chi connectivity index (χ0n) is 5.37. The minimum absolute atomic E-state index is 0.366. The highest BCUT2D eigenvalue weighted by Gasteiger charge is 2.50. The van der Waals surface area contributed by atoms with E-state index in [0.29, 0.717) is 5.92 Å². The molecule has 0 saturated heterocycles. The highest BCUT2D eigenvalue weighted by Crippen LogP contribution is 2.55. The van der Waals surface area contributed by atoms with Crippen LogP contribution < -0.4 is 0 Å². The molecule has 9 heavy (non-hydrogen) atoms. The standard InChI is InChI=1S/C7H11Cl2/c1-2-3-4-6-5-7(6,8)9/h6H,1-5H2. The van der Waals surface area contributed by atoms with Crippen molar-refractivity contribution in [3.8, 4) is 0 Å². The van der Waals surface area contributed by atoms with Gasteiger partial charge in [-0.05, 0) is 18.8 Å². The molecule has 1 saturated carbocycles. The van der Waals surface area contributed by atoms with Gasteiger partial charge < -0.3 is 0 Å². The Hall–Kier alpha value is 0.580. The molecule has 0 aromatic heterocycles. The van der Waals surface area contributed by atoms with Crippen LogP contribution in [0, 0.1) is 12.8 Å². The van der Waals surface area contributed by atoms with Crippen molar-refractivity contribution in [1.29, 1.82) is 0 Å². The summed E-state index contributed by atoms with van der Waals surface area (Å²) in [5.74, 6) is 0.558. The van der Waals surface area contributed by atoms with Crippen LogP contribution in [0.25, 0.3) is 0 Å². The van der Waals surface area contributed by atoms with E-state index >= 15 is 0 Å². The van der Waals surface area contributed by atoms with Gasteiger partial charge in [0.1, 0.15) is 4.33 Å². The van der Waals surface area contributed by atoms with E-state index in [0.717, 1.165) is 25.7 Å². The molecular weight excluding hydrogens is 155 g/mol. The maximum atomic E-state index is 5.79. The van der Waals surface area contributed by atoms with Crippen molar-refractivity contribution in [2.24, 2.45) is 5.92 Å². The molecule has 0 spiro atoms. The average Bonchev–Trinajstić information content (AvgIpc) is 2.35. The second-order valence-electron chi connectivity index (χ2n) is 2.66. The second-order valence-corrected chi connectivity index (χ2v) is 4.20. The minimum atomic E-state index is -0.366. The van der Waals surface area contributed by atoms with E-state index in [9.17, 15) is 0 Å². The molecule has 53 valence electrons. The summed E-state index contributed by atoms with van der Waals surface area (Å²) in [7, 11) is 0. The van der Waals surface area contributed by atoms with Crippen molar-refractivity contribution < 1.29 is 0 Å². The van der Waals surface area contributed by atoms with Crippen molar-refractivity contribution in [1.82, 2.24) is 0 Å². The molecule has 1 rings (SSSR count). The minimum Gasteiger partial charge on any atom is -0.101 e. The first-order chi connectivity index (χ1) is 4.17. The van der Waals surface area contributed by atoms with Gasteiger partial charge in [0.2, 0.25) is 0 Å². The summed E-state index contributed by atoms with van der Waals surface area (Å²) in [5.41, 5.74) is 0. The van der Waals surface area contributed by atoms with Gasteiger partial charge in [-0.1, -0.05) is 19.8 Å². The Morgan fingerprint density at radius 3 is 2.44 bits per heavy atom. The number of unbranched alkanes of at least 4 members (excludes halogenated alkanes) is 1. The molecule has 0 aromatic rings. The number of halogens is 2. The molecule has 0 aliphatic heterocycles. The molecule has 1 atom stereocenters. The van der Waals surface area contributed by atoms with E-state index in [1.807, 2.05) is 0 Å². The van der Waals surface area contributed by atoms with Gasteiger partial charge in [-0.3, -0.25) is 0 Å². The maximum Gasteiger partial charge on any atom is 0.121 e. The SMILES string of the molecule is [CH2]CCCC1CC1(Cl)Cl. The number of hydrogen-bond acceptors (Lipinski definition) is 0. The third-order valence-electron chi connectivity index (χ3n) is 1.76. The molecule has 1 fully saturated rings. The third-order valence-corrected chi connectivity index (χ3v) is 2.68. The van der Waals surface area contributed by atoms with Gasteiger partial charge in [0, 0.05) is 0 Å². The summed E-state index contributed by atoms with van der Waals surface area (Å²) in [4.78, 5) is 0. The lowest BCUT2D eigenvalue weighted by molar-refractivity contribution is 0.668. The quantitative estimate of drug-likeness (QED) is 0.564. The molecule has 1 unspecified atom stereocenters.